The van der Waals surface area contributed by atoms with Crippen molar-refractivity contribution in [2.45, 2.75) is 39.8 Å². The zero-order valence-electron chi connectivity index (χ0n) is 8.27. The first-order valence-corrected chi connectivity index (χ1v) is 3.64. The molecule has 0 N–H and O–H groups in total. The van der Waals surface area contributed by atoms with Crippen LogP contribution in [0.4, 0.5) is 0 Å². The summed E-state index contributed by atoms with van der Waals surface area (Å²) in [5, 5.41) is 0. The van der Waals surface area contributed by atoms with Gasteiger partial charge >= 0.3 is 21.7 Å². The second-order valence-corrected chi connectivity index (χ2v) is 2.93. The van der Waals surface area contributed by atoms with Crippen LogP contribution < -0.4 is 24.8 Å². The number of halogens is 2. The molecule has 12 heavy (non-hydrogen) atoms. The molecule has 0 saturated heterocycles. The molecule has 0 amide bonds. The predicted molar refractivity (Wildman–Crippen MR) is 42.3 cm³/mol. The van der Waals surface area contributed by atoms with Crippen molar-refractivity contribution in [3.05, 3.63) is 6.92 Å². The molecular formula is C8H18Cl2NTi. The SMILES string of the molecule is [CH2-]CN(C(C)C)C(C)C.[Cl-].[Cl-].[Ti+3]. The Hall–Kier alpha value is 1.25. The van der Waals surface area contributed by atoms with Crippen LogP contribution in [0, 0.1) is 6.92 Å². The summed E-state index contributed by atoms with van der Waals surface area (Å²) in [5.74, 6) is 0. The quantitative estimate of drug-likeness (QED) is 0.362. The van der Waals surface area contributed by atoms with E-state index < -0.39 is 0 Å². The zero-order chi connectivity index (χ0) is 7.44. The van der Waals surface area contributed by atoms with Gasteiger partial charge in [-0.2, -0.15) is 0 Å². The third kappa shape index (κ3) is 9.34. The van der Waals surface area contributed by atoms with Crippen molar-refractivity contribution in [2.24, 2.45) is 0 Å². The van der Waals surface area contributed by atoms with Crippen LogP contribution in [0.2, 0.25) is 0 Å². The number of nitrogens with zero attached hydrogens (tertiary/aromatic N) is 1. The Morgan fingerprint density at radius 2 is 1.25 bits per heavy atom. The Morgan fingerprint density at radius 3 is 1.25 bits per heavy atom. The average Bonchev–Trinajstić information content (AvgIpc) is 1.64. The van der Waals surface area contributed by atoms with Crippen LogP contribution in [-0.4, -0.2) is 23.5 Å². The Morgan fingerprint density at radius 1 is 1.00 bits per heavy atom. The molecule has 0 aliphatic carbocycles. The third-order valence-corrected chi connectivity index (χ3v) is 1.58. The molecule has 0 atom stereocenters. The molecule has 0 aromatic rings. The second-order valence-electron chi connectivity index (χ2n) is 2.93. The van der Waals surface area contributed by atoms with E-state index in [0.717, 1.165) is 6.54 Å². The van der Waals surface area contributed by atoms with Crippen molar-refractivity contribution in [2.75, 3.05) is 6.54 Å². The molecule has 1 nitrogen and oxygen atoms in total. The molecule has 73 valence electrons. The van der Waals surface area contributed by atoms with Crippen LogP contribution in [0.3, 0.4) is 0 Å². The summed E-state index contributed by atoms with van der Waals surface area (Å²) in [5.41, 5.74) is 0. The van der Waals surface area contributed by atoms with Gasteiger partial charge in [0.05, 0.1) is 0 Å². The van der Waals surface area contributed by atoms with Gasteiger partial charge in [-0.25, -0.2) is 0 Å². The van der Waals surface area contributed by atoms with Gasteiger partial charge in [0.15, 0.2) is 0 Å². The Bertz CT molecular complexity index is 71.5. The summed E-state index contributed by atoms with van der Waals surface area (Å²) >= 11 is 0. The topological polar surface area (TPSA) is 3.24 Å². The molecule has 0 fully saturated rings. The van der Waals surface area contributed by atoms with Gasteiger partial charge < -0.3 is 36.6 Å². The van der Waals surface area contributed by atoms with E-state index in [4.69, 9.17) is 0 Å². The van der Waals surface area contributed by atoms with E-state index in [1.807, 2.05) is 0 Å². The van der Waals surface area contributed by atoms with E-state index >= 15 is 0 Å². The largest absolute Gasteiger partial charge is 3.00 e. The molecule has 0 heterocycles. The fraction of sp³-hybridized carbons (Fsp3) is 0.875. The van der Waals surface area contributed by atoms with Gasteiger partial charge in [0.2, 0.25) is 0 Å². The standard InChI is InChI=1S/C8H18N.2ClH.Ti/c1-6-9(7(2)3)8(4)5;;;/h7-8H,1,6H2,2-5H3;2*1H;/q-1;;;+3/p-2. The van der Waals surface area contributed by atoms with Gasteiger partial charge in [-0.05, 0) is 27.7 Å². The Kier molecular flexibility index (Phi) is 23.7. The van der Waals surface area contributed by atoms with Crippen LogP contribution in [0.1, 0.15) is 27.7 Å². The molecule has 0 bridgehead atoms. The molecular weight excluding hydrogens is 229 g/mol. The first-order chi connectivity index (χ1) is 4.09. The van der Waals surface area contributed by atoms with Gasteiger partial charge in [0.1, 0.15) is 0 Å². The zero-order valence-corrected chi connectivity index (χ0v) is 11.3. The fourth-order valence-corrected chi connectivity index (χ4v) is 1.11. The van der Waals surface area contributed by atoms with Crippen LogP contribution in [0.5, 0.6) is 0 Å². The maximum Gasteiger partial charge on any atom is 3.00 e. The van der Waals surface area contributed by atoms with Crippen LogP contribution in [0.15, 0.2) is 0 Å². The van der Waals surface area contributed by atoms with Crippen molar-refractivity contribution in [3.63, 3.8) is 0 Å². The van der Waals surface area contributed by atoms with Gasteiger partial charge in [-0.3, -0.25) is 0 Å². The van der Waals surface area contributed by atoms with Crippen LogP contribution >= 0.6 is 0 Å². The maximum absolute atomic E-state index is 3.85. The number of rotatable bonds is 3. The van der Waals surface area contributed by atoms with Gasteiger partial charge in [0, 0.05) is 12.1 Å². The Balaban J connectivity index is -0.000000107. The Labute approximate surface area is 104 Å². The minimum absolute atomic E-state index is 0. The fourth-order valence-electron chi connectivity index (χ4n) is 1.11. The maximum atomic E-state index is 3.85. The van der Waals surface area contributed by atoms with E-state index in [-0.39, 0.29) is 46.5 Å². The first kappa shape index (κ1) is 23.2. The minimum Gasteiger partial charge on any atom is -1.00 e. The molecule has 0 saturated carbocycles. The average molecular weight is 247 g/mol. The molecule has 0 rings (SSSR count). The predicted octanol–water partition coefficient (Wildman–Crippen LogP) is -4.06. The normalized spacial score (nSPS) is 9.00. The van der Waals surface area contributed by atoms with E-state index in [9.17, 15) is 0 Å². The summed E-state index contributed by atoms with van der Waals surface area (Å²) < 4.78 is 0. The van der Waals surface area contributed by atoms with Crippen molar-refractivity contribution >= 4 is 0 Å². The molecule has 0 aliphatic heterocycles. The summed E-state index contributed by atoms with van der Waals surface area (Å²) in [4.78, 5) is 2.35. The monoisotopic (exact) mass is 246 g/mol. The van der Waals surface area contributed by atoms with Crippen LogP contribution in [0.25, 0.3) is 0 Å². The van der Waals surface area contributed by atoms with Gasteiger partial charge in [0.25, 0.3) is 0 Å². The van der Waals surface area contributed by atoms with Crippen molar-refractivity contribution in [3.8, 4) is 0 Å². The third-order valence-electron chi connectivity index (χ3n) is 1.58. The molecule has 0 aliphatic rings. The molecule has 0 aromatic heterocycles. The molecule has 1 radical (unpaired) electrons. The van der Waals surface area contributed by atoms with Gasteiger partial charge in [-0.1, -0.05) is 0 Å². The van der Waals surface area contributed by atoms with Gasteiger partial charge in [-0.15, -0.1) is 6.54 Å². The number of hydrogen-bond acceptors (Lipinski definition) is 1. The molecule has 0 spiro atoms. The van der Waals surface area contributed by atoms with E-state index in [2.05, 4.69) is 39.5 Å². The van der Waals surface area contributed by atoms with E-state index in [0.29, 0.717) is 12.1 Å². The van der Waals surface area contributed by atoms with Crippen molar-refractivity contribution in [1.82, 2.24) is 4.90 Å². The first-order valence-electron chi connectivity index (χ1n) is 3.64. The smallest absolute Gasteiger partial charge is 1.00 e. The number of hydrogen-bond donors (Lipinski definition) is 0. The van der Waals surface area contributed by atoms with Crippen molar-refractivity contribution in [1.29, 1.82) is 0 Å². The second kappa shape index (κ2) is 12.3. The van der Waals surface area contributed by atoms with E-state index in [1.165, 1.54) is 0 Å². The minimum atomic E-state index is 0. The summed E-state index contributed by atoms with van der Waals surface area (Å²) in [6.45, 7) is 13.6. The van der Waals surface area contributed by atoms with Crippen molar-refractivity contribution < 1.29 is 46.5 Å². The molecule has 0 aromatic carbocycles. The molecule has 0 unspecified atom stereocenters. The van der Waals surface area contributed by atoms with Crippen LogP contribution in [-0.2, 0) is 21.7 Å². The summed E-state index contributed by atoms with van der Waals surface area (Å²) in [6, 6.07) is 1.25. The molecule has 4 heteroatoms. The summed E-state index contributed by atoms with van der Waals surface area (Å²) in [6.07, 6.45) is 0. The summed E-state index contributed by atoms with van der Waals surface area (Å²) in [7, 11) is 0. The van der Waals surface area contributed by atoms with E-state index in [1.54, 1.807) is 0 Å².